The van der Waals surface area contributed by atoms with Gasteiger partial charge in [0.2, 0.25) is 5.88 Å². The summed E-state index contributed by atoms with van der Waals surface area (Å²) in [6, 6.07) is 7.19. The number of hydrogen-bond donors (Lipinski definition) is 3. The van der Waals surface area contributed by atoms with Crippen molar-refractivity contribution in [2.45, 2.75) is 25.4 Å². The molecule has 0 saturated heterocycles. The van der Waals surface area contributed by atoms with Crippen LogP contribution in [-0.2, 0) is 6.61 Å². The molecular weight excluding hydrogens is 290 g/mol. The lowest BCUT2D eigenvalue weighted by Gasteiger charge is -2.13. The average Bonchev–Trinajstić information content (AvgIpc) is 3.26. The molecule has 0 unspecified atom stereocenters. The highest BCUT2D eigenvalue weighted by Crippen LogP contribution is 2.42. The van der Waals surface area contributed by atoms with Gasteiger partial charge < -0.3 is 4.74 Å². The Morgan fingerprint density at radius 1 is 1.48 bits per heavy atom. The molecule has 1 fully saturated rings. The van der Waals surface area contributed by atoms with Crippen LogP contribution in [0.25, 0.3) is 0 Å². The smallest absolute Gasteiger partial charge is 0.275 e. The maximum Gasteiger partial charge on any atom is 0.275 e. The van der Waals surface area contributed by atoms with E-state index in [1.807, 2.05) is 12.1 Å². The lowest BCUT2D eigenvalue weighted by Crippen LogP contribution is -2.21. The quantitative estimate of drug-likeness (QED) is 0.449. The molecule has 6 nitrogen and oxygen atoms in total. The summed E-state index contributed by atoms with van der Waals surface area (Å²) in [5, 5.41) is 12.9. The van der Waals surface area contributed by atoms with Gasteiger partial charge in [-0.2, -0.15) is 0 Å². The molecule has 1 aliphatic carbocycles. The number of hydrogen-bond acceptors (Lipinski definition) is 5. The number of nitrogens with one attached hydrogen (secondary N) is 1. The van der Waals surface area contributed by atoms with E-state index in [2.05, 4.69) is 17.9 Å². The predicted octanol–water partition coefficient (Wildman–Crippen LogP) is 2.15. The third kappa shape index (κ3) is 3.03. The van der Waals surface area contributed by atoms with E-state index in [0.717, 1.165) is 24.0 Å². The van der Waals surface area contributed by atoms with Gasteiger partial charge in [-0.3, -0.25) is 10.0 Å². The summed E-state index contributed by atoms with van der Waals surface area (Å²) in [7, 11) is 0. The highest BCUT2D eigenvalue weighted by molar-refractivity contribution is 7.78. The molecule has 1 aromatic carbocycles. The number of rotatable bonds is 5. The fourth-order valence-electron chi connectivity index (χ4n) is 2.34. The van der Waals surface area contributed by atoms with Crippen molar-refractivity contribution < 1.29 is 14.7 Å². The molecule has 0 radical (unpaired) electrons. The zero-order valence-corrected chi connectivity index (χ0v) is 12.1. The number of thiol groups is 1. The van der Waals surface area contributed by atoms with Crippen molar-refractivity contribution in [1.82, 2.24) is 14.7 Å². The van der Waals surface area contributed by atoms with Crippen molar-refractivity contribution >= 4 is 18.7 Å². The Labute approximate surface area is 127 Å². The SMILES string of the molecule is O=C(NO)c1cccc(C2CC2)c1COc1ccn(S)n1. The molecule has 2 aromatic rings. The summed E-state index contributed by atoms with van der Waals surface area (Å²) in [4.78, 5) is 11.8. The van der Waals surface area contributed by atoms with Crippen LogP contribution < -0.4 is 10.2 Å². The first-order valence-electron chi connectivity index (χ1n) is 6.63. The van der Waals surface area contributed by atoms with Gasteiger partial charge in [-0.1, -0.05) is 12.1 Å². The van der Waals surface area contributed by atoms with Gasteiger partial charge in [0.05, 0.1) is 0 Å². The normalized spacial score (nSPS) is 14.0. The molecule has 7 heteroatoms. The molecule has 110 valence electrons. The molecular formula is C14H15N3O3S. The Kier molecular flexibility index (Phi) is 3.85. The van der Waals surface area contributed by atoms with Crippen LogP contribution in [0.2, 0.25) is 0 Å². The van der Waals surface area contributed by atoms with Crippen LogP contribution in [-0.4, -0.2) is 20.3 Å². The van der Waals surface area contributed by atoms with E-state index in [-0.39, 0.29) is 6.61 Å². The van der Waals surface area contributed by atoms with Crippen LogP contribution in [0.1, 0.15) is 40.2 Å². The average molecular weight is 305 g/mol. The molecule has 0 spiro atoms. The number of benzene rings is 1. The lowest BCUT2D eigenvalue weighted by molar-refractivity contribution is 0.0703. The van der Waals surface area contributed by atoms with E-state index < -0.39 is 5.91 Å². The van der Waals surface area contributed by atoms with Crippen LogP contribution in [0, 0.1) is 0 Å². The molecule has 1 aromatic heterocycles. The molecule has 0 aliphatic heterocycles. The minimum atomic E-state index is -0.532. The van der Waals surface area contributed by atoms with E-state index in [1.54, 1.807) is 23.8 Å². The Balaban J connectivity index is 1.88. The number of amides is 1. The van der Waals surface area contributed by atoms with Gasteiger partial charge in [-0.25, -0.2) is 9.57 Å². The largest absolute Gasteiger partial charge is 0.472 e. The topological polar surface area (TPSA) is 76.4 Å². The van der Waals surface area contributed by atoms with Gasteiger partial charge in [0.25, 0.3) is 5.91 Å². The van der Waals surface area contributed by atoms with Gasteiger partial charge in [0.15, 0.2) is 0 Å². The number of carbonyl (C=O) groups excluding carboxylic acids is 1. The number of nitrogens with zero attached hydrogens (tertiary/aromatic N) is 2. The highest BCUT2D eigenvalue weighted by Gasteiger charge is 2.28. The summed E-state index contributed by atoms with van der Waals surface area (Å²) in [6.45, 7) is 0.222. The van der Waals surface area contributed by atoms with E-state index in [0.29, 0.717) is 17.4 Å². The van der Waals surface area contributed by atoms with Crippen molar-refractivity contribution in [3.63, 3.8) is 0 Å². The van der Waals surface area contributed by atoms with Gasteiger partial charge in [-0.05, 0) is 43.2 Å². The highest BCUT2D eigenvalue weighted by atomic mass is 32.1. The van der Waals surface area contributed by atoms with Crippen LogP contribution >= 0.6 is 12.8 Å². The summed E-state index contributed by atoms with van der Waals surface area (Å²) < 4.78 is 6.98. The summed E-state index contributed by atoms with van der Waals surface area (Å²) in [5.41, 5.74) is 4.00. The second-order valence-corrected chi connectivity index (χ2v) is 5.36. The zero-order chi connectivity index (χ0) is 14.8. The Morgan fingerprint density at radius 2 is 2.29 bits per heavy atom. The lowest BCUT2D eigenvalue weighted by atomic mass is 9.98. The summed E-state index contributed by atoms with van der Waals surface area (Å²) in [5.74, 6) is 0.374. The van der Waals surface area contributed by atoms with E-state index >= 15 is 0 Å². The Hall–Kier alpha value is -1.99. The van der Waals surface area contributed by atoms with Gasteiger partial charge in [0.1, 0.15) is 6.61 Å². The minimum absolute atomic E-state index is 0.222. The van der Waals surface area contributed by atoms with Crippen LogP contribution in [0.3, 0.4) is 0 Å². The van der Waals surface area contributed by atoms with Crippen molar-refractivity contribution in [1.29, 1.82) is 0 Å². The molecule has 2 N–H and O–H groups in total. The predicted molar refractivity (Wildman–Crippen MR) is 78.6 cm³/mol. The number of aromatic nitrogens is 2. The Bertz CT molecular complexity index is 667. The second-order valence-electron chi connectivity index (χ2n) is 4.95. The molecule has 1 heterocycles. The third-order valence-electron chi connectivity index (χ3n) is 3.49. The third-order valence-corrected chi connectivity index (χ3v) is 3.71. The monoisotopic (exact) mass is 305 g/mol. The van der Waals surface area contributed by atoms with E-state index in [1.165, 1.54) is 4.09 Å². The first-order valence-corrected chi connectivity index (χ1v) is 7.03. The fraction of sp³-hybridized carbons (Fsp3) is 0.286. The molecule has 1 amide bonds. The molecule has 0 bridgehead atoms. The first-order chi connectivity index (χ1) is 10.2. The van der Waals surface area contributed by atoms with Gasteiger partial charge in [0, 0.05) is 23.4 Å². The standard InChI is InChI=1S/C14H15N3O3S/c18-14(16-19)11-3-1-2-10(9-4-5-9)12(11)8-20-13-6-7-17(21)15-13/h1-3,6-7,9,19,21H,4-5,8H2,(H,16,18). The number of ether oxygens (including phenoxy) is 1. The van der Waals surface area contributed by atoms with Gasteiger partial charge in [-0.15, -0.1) is 5.10 Å². The second kappa shape index (κ2) is 5.79. The Morgan fingerprint density at radius 3 is 2.90 bits per heavy atom. The molecule has 3 rings (SSSR count). The molecule has 21 heavy (non-hydrogen) atoms. The van der Waals surface area contributed by atoms with Crippen molar-refractivity contribution in [2.75, 3.05) is 0 Å². The fourth-order valence-corrected chi connectivity index (χ4v) is 2.49. The minimum Gasteiger partial charge on any atom is -0.472 e. The number of carbonyl (C=O) groups is 1. The zero-order valence-electron chi connectivity index (χ0n) is 11.2. The van der Waals surface area contributed by atoms with Crippen LogP contribution in [0.4, 0.5) is 0 Å². The molecule has 1 saturated carbocycles. The maximum atomic E-state index is 11.8. The number of hydroxylamine groups is 1. The maximum absolute atomic E-state index is 11.8. The van der Waals surface area contributed by atoms with E-state index in [9.17, 15) is 4.79 Å². The van der Waals surface area contributed by atoms with Gasteiger partial charge >= 0.3 is 0 Å². The van der Waals surface area contributed by atoms with Crippen LogP contribution in [0.15, 0.2) is 30.5 Å². The molecule has 1 aliphatic rings. The van der Waals surface area contributed by atoms with Crippen molar-refractivity contribution in [3.8, 4) is 5.88 Å². The molecule has 0 atom stereocenters. The van der Waals surface area contributed by atoms with E-state index in [4.69, 9.17) is 9.94 Å². The summed E-state index contributed by atoms with van der Waals surface area (Å²) >= 11 is 4.04. The van der Waals surface area contributed by atoms with Crippen molar-refractivity contribution in [3.05, 3.63) is 47.2 Å². The summed E-state index contributed by atoms with van der Waals surface area (Å²) in [6.07, 6.45) is 3.89. The first kappa shape index (κ1) is 14.0. The van der Waals surface area contributed by atoms with Crippen molar-refractivity contribution in [2.24, 2.45) is 0 Å². The van der Waals surface area contributed by atoms with Crippen LogP contribution in [0.5, 0.6) is 5.88 Å².